The summed E-state index contributed by atoms with van der Waals surface area (Å²) in [6, 6.07) is 8.42. The number of likely N-dealkylation sites (tertiary alicyclic amines) is 1. The first-order valence-electron chi connectivity index (χ1n) is 6.68. The maximum absolute atomic E-state index is 5.18. The molecule has 3 heteroatoms. The number of piperidine rings is 1. The Hall–Kier alpha value is -0.540. The van der Waals surface area contributed by atoms with Gasteiger partial charge in [0.15, 0.2) is 0 Å². The molecule has 1 aromatic rings. The molecule has 2 nitrogen and oxygen atoms in total. The molecule has 1 aliphatic heterocycles. The number of hydrogen-bond donors (Lipinski definition) is 0. The van der Waals surface area contributed by atoms with E-state index in [-0.39, 0.29) is 0 Å². The molecule has 0 bridgehead atoms. The van der Waals surface area contributed by atoms with Crippen molar-refractivity contribution in [3.63, 3.8) is 0 Å². The topological polar surface area (TPSA) is 12.5 Å². The van der Waals surface area contributed by atoms with Crippen LogP contribution in [0.4, 0.5) is 0 Å². The molecule has 1 fully saturated rings. The monoisotopic (exact) mass is 311 g/mol. The molecule has 100 valence electrons. The Morgan fingerprint density at radius 1 is 1.28 bits per heavy atom. The molecule has 1 aromatic carbocycles. The van der Waals surface area contributed by atoms with Crippen molar-refractivity contribution in [2.45, 2.75) is 31.1 Å². The lowest BCUT2D eigenvalue weighted by molar-refractivity contribution is 0.178. The zero-order valence-corrected chi connectivity index (χ0v) is 12.8. The highest BCUT2D eigenvalue weighted by Gasteiger charge is 2.22. The van der Waals surface area contributed by atoms with Gasteiger partial charge in [-0.1, -0.05) is 35.0 Å². The minimum absolute atomic E-state index is 0.653. The summed E-state index contributed by atoms with van der Waals surface area (Å²) in [7, 11) is 1.71. The average Bonchev–Trinajstić information content (AvgIpc) is 2.40. The van der Waals surface area contributed by atoms with E-state index in [4.69, 9.17) is 4.74 Å². The number of benzene rings is 1. The number of alkyl halides is 1. The third-order valence-corrected chi connectivity index (χ3v) is 4.59. The Morgan fingerprint density at radius 2 is 1.89 bits per heavy atom. The van der Waals surface area contributed by atoms with Crippen LogP contribution in [-0.2, 0) is 6.54 Å². The maximum atomic E-state index is 5.18. The summed E-state index contributed by atoms with van der Waals surface area (Å²) in [6.07, 6.45) is 2.62. The van der Waals surface area contributed by atoms with E-state index in [1.54, 1.807) is 7.11 Å². The van der Waals surface area contributed by atoms with Gasteiger partial charge in [0.1, 0.15) is 5.75 Å². The zero-order valence-electron chi connectivity index (χ0n) is 11.2. The lowest BCUT2D eigenvalue weighted by atomic mass is 9.94. The highest BCUT2D eigenvalue weighted by atomic mass is 79.9. The number of hydrogen-bond acceptors (Lipinski definition) is 2. The Bertz CT molecular complexity index is 355. The second kappa shape index (κ2) is 6.58. The standard InChI is InChI=1S/C15H22BrNO/c1-12(16)14-7-9-17(10-8-14)11-13-3-5-15(18-2)6-4-13/h3-6,12,14H,7-11H2,1-2H3. The van der Waals surface area contributed by atoms with Crippen LogP contribution in [0.25, 0.3) is 0 Å². The van der Waals surface area contributed by atoms with Gasteiger partial charge >= 0.3 is 0 Å². The van der Waals surface area contributed by atoms with Gasteiger partial charge in [0.05, 0.1) is 7.11 Å². The molecule has 1 unspecified atom stereocenters. The van der Waals surface area contributed by atoms with E-state index in [0.717, 1.165) is 18.2 Å². The summed E-state index contributed by atoms with van der Waals surface area (Å²) in [6.45, 7) is 5.76. The van der Waals surface area contributed by atoms with Crippen LogP contribution in [0, 0.1) is 5.92 Å². The summed E-state index contributed by atoms with van der Waals surface area (Å²) in [5.74, 6) is 1.78. The first-order valence-corrected chi connectivity index (χ1v) is 7.60. The predicted octanol–water partition coefficient (Wildman–Crippen LogP) is 3.69. The van der Waals surface area contributed by atoms with Crippen LogP contribution in [0.2, 0.25) is 0 Å². The van der Waals surface area contributed by atoms with Crippen LogP contribution < -0.4 is 4.74 Å². The Morgan fingerprint density at radius 3 is 2.39 bits per heavy atom. The smallest absolute Gasteiger partial charge is 0.118 e. The van der Waals surface area contributed by atoms with E-state index in [1.165, 1.54) is 31.5 Å². The summed E-state index contributed by atoms with van der Waals surface area (Å²) in [5, 5.41) is 0. The molecule has 2 rings (SSSR count). The van der Waals surface area contributed by atoms with Crippen molar-refractivity contribution in [2.24, 2.45) is 5.92 Å². The fraction of sp³-hybridized carbons (Fsp3) is 0.600. The van der Waals surface area contributed by atoms with Crippen molar-refractivity contribution in [3.8, 4) is 5.75 Å². The second-order valence-electron chi connectivity index (χ2n) is 5.14. The van der Waals surface area contributed by atoms with Crippen LogP contribution in [0.3, 0.4) is 0 Å². The number of halogens is 1. The van der Waals surface area contributed by atoms with Crippen molar-refractivity contribution >= 4 is 15.9 Å². The van der Waals surface area contributed by atoms with Crippen LogP contribution in [0.5, 0.6) is 5.75 Å². The van der Waals surface area contributed by atoms with Crippen LogP contribution >= 0.6 is 15.9 Å². The van der Waals surface area contributed by atoms with Crippen LogP contribution in [0.1, 0.15) is 25.3 Å². The number of nitrogens with zero attached hydrogens (tertiary/aromatic N) is 1. The van der Waals surface area contributed by atoms with Gasteiger partial charge in [-0.3, -0.25) is 4.90 Å². The molecule has 1 atom stereocenters. The molecule has 0 amide bonds. The molecule has 18 heavy (non-hydrogen) atoms. The fourth-order valence-corrected chi connectivity index (χ4v) is 3.09. The summed E-state index contributed by atoms with van der Waals surface area (Å²) >= 11 is 3.71. The van der Waals surface area contributed by atoms with Crippen molar-refractivity contribution in [1.29, 1.82) is 0 Å². The van der Waals surface area contributed by atoms with E-state index in [0.29, 0.717) is 4.83 Å². The van der Waals surface area contributed by atoms with E-state index in [2.05, 4.69) is 39.9 Å². The SMILES string of the molecule is COc1ccc(CN2CCC(C(C)Br)CC2)cc1. The van der Waals surface area contributed by atoms with Gasteiger partial charge in [-0.25, -0.2) is 0 Å². The van der Waals surface area contributed by atoms with E-state index in [1.807, 2.05) is 12.1 Å². The van der Waals surface area contributed by atoms with Gasteiger partial charge in [-0.2, -0.15) is 0 Å². The zero-order chi connectivity index (χ0) is 13.0. The van der Waals surface area contributed by atoms with Crippen LogP contribution in [-0.4, -0.2) is 29.9 Å². The Balaban J connectivity index is 1.83. The first-order chi connectivity index (χ1) is 8.69. The number of rotatable bonds is 4. The average molecular weight is 312 g/mol. The lowest BCUT2D eigenvalue weighted by Crippen LogP contribution is -2.35. The largest absolute Gasteiger partial charge is 0.497 e. The minimum Gasteiger partial charge on any atom is -0.497 e. The van der Waals surface area contributed by atoms with Gasteiger partial charge in [0, 0.05) is 11.4 Å². The van der Waals surface area contributed by atoms with Crippen molar-refractivity contribution in [3.05, 3.63) is 29.8 Å². The Labute approximate surface area is 118 Å². The van der Waals surface area contributed by atoms with Gasteiger partial charge in [-0.15, -0.1) is 0 Å². The van der Waals surface area contributed by atoms with Gasteiger partial charge in [-0.05, 0) is 49.5 Å². The number of methoxy groups -OCH3 is 1. The molecule has 0 radical (unpaired) electrons. The van der Waals surface area contributed by atoms with Gasteiger partial charge < -0.3 is 4.74 Å². The molecule has 0 aromatic heterocycles. The summed E-state index contributed by atoms with van der Waals surface area (Å²) in [4.78, 5) is 3.20. The lowest BCUT2D eigenvalue weighted by Gasteiger charge is -2.33. The molecule has 1 aliphatic rings. The first kappa shape index (κ1) is 13.9. The van der Waals surface area contributed by atoms with Crippen molar-refractivity contribution in [1.82, 2.24) is 4.90 Å². The van der Waals surface area contributed by atoms with Gasteiger partial charge in [0.2, 0.25) is 0 Å². The molecule has 0 N–H and O–H groups in total. The fourth-order valence-electron chi connectivity index (χ4n) is 2.56. The predicted molar refractivity (Wildman–Crippen MR) is 79.4 cm³/mol. The summed E-state index contributed by atoms with van der Waals surface area (Å²) in [5.41, 5.74) is 1.38. The molecule has 1 saturated heterocycles. The van der Waals surface area contributed by atoms with E-state index >= 15 is 0 Å². The van der Waals surface area contributed by atoms with Crippen molar-refractivity contribution in [2.75, 3.05) is 20.2 Å². The quantitative estimate of drug-likeness (QED) is 0.786. The van der Waals surface area contributed by atoms with Crippen molar-refractivity contribution < 1.29 is 4.74 Å². The third-order valence-electron chi connectivity index (χ3n) is 3.85. The third kappa shape index (κ3) is 3.72. The van der Waals surface area contributed by atoms with E-state index in [9.17, 15) is 0 Å². The van der Waals surface area contributed by atoms with Gasteiger partial charge in [0.25, 0.3) is 0 Å². The van der Waals surface area contributed by atoms with Crippen LogP contribution in [0.15, 0.2) is 24.3 Å². The molecule has 0 aliphatic carbocycles. The molecule has 0 spiro atoms. The summed E-state index contributed by atoms with van der Waals surface area (Å²) < 4.78 is 5.18. The van der Waals surface area contributed by atoms with E-state index < -0.39 is 0 Å². The second-order valence-corrected chi connectivity index (χ2v) is 6.58. The molecule has 0 saturated carbocycles. The minimum atomic E-state index is 0.653. The normalized spacial score (nSPS) is 19.7. The highest BCUT2D eigenvalue weighted by molar-refractivity contribution is 9.09. The number of ether oxygens (including phenoxy) is 1. The molecule has 1 heterocycles. The molecular weight excluding hydrogens is 290 g/mol. The maximum Gasteiger partial charge on any atom is 0.118 e. The highest BCUT2D eigenvalue weighted by Crippen LogP contribution is 2.26. The Kier molecular flexibility index (Phi) is 5.07. The molecular formula is C15H22BrNO.